The molecule has 1 atom stereocenters. The van der Waals surface area contributed by atoms with Crippen LogP contribution >= 0.6 is 0 Å². The SMILES string of the molecule is CNC(=O)C1(Cc2ccccc2-c2ccccc2)CCN(C(=O)Cn2cncn2)C1. The third kappa shape index (κ3) is 3.96. The van der Waals surface area contributed by atoms with E-state index in [0.717, 1.165) is 16.7 Å². The van der Waals surface area contributed by atoms with Crippen molar-refractivity contribution < 1.29 is 9.59 Å². The highest BCUT2D eigenvalue weighted by Crippen LogP contribution is 2.37. The van der Waals surface area contributed by atoms with Crippen molar-refractivity contribution in [3.8, 4) is 11.1 Å². The average molecular weight is 403 g/mol. The molecular weight excluding hydrogens is 378 g/mol. The summed E-state index contributed by atoms with van der Waals surface area (Å²) in [6.45, 7) is 1.07. The van der Waals surface area contributed by atoms with E-state index in [0.29, 0.717) is 25.9 Å². The Morgan fingerprint density at radius 3 is 2.60 bits per heavy atom. The molecule has 0 saturated carbocycles. The number of hydrogen-bond acceptors (Lipinski definition) is 4. The molecule has 0 spiro atoms. The Balaban J connectivity index is 1.59. The standard InChI is InChI=1S/C23H25N5O2/c1-24-22(30)23(11-12-27(15-23)21(29)14-28-17-25-16-26-28)13-19-9-5-6-10-20(19)18-7-3-2-4-8-18/h2-10,16-17H,11-15H2,1H3,(H,24,30). The van der Waals surface area contributed by atoms with E-state index >= 15 is 0 Å². The summed E-state index contributed by atoms with van der Waals surface area (Å²) in [5.74, 6) is -0.0796. The number of likely N-dealkylation sites (tertiary alicyclic amines) is 1. The van der Waals surface area contributed by atoms with Crippen molar-refractivity contribution >= 4 is 11.8 Å². The summed E-state index contributed by atoms with van der Waals surface area (Å²) in [6.07, 6.45) is 4.13. The number of hydrogen-bond donors (Lipinski definition) is 1. The van der Waals surface area contributed by atoms with Crippen LogP contribution in [0.25, 0.3) is 11.1 Å². The van der Waals surface area contributed by atoms with E-state index in [4.69, 9.17) is 0 Å². The van der Waals surface area contributed by atoms with Crippen LogP contribution in [-0.4, -0.2) is 51.6 Å². The van der Waals surface area contributed by atoms with Crippen LogP contribution in [0.1, 0.15) is 12.0 Å². The van der Waals surface area contributed by atoms with Gasteiger partial charge in [-0.1, -0.05) is 54.6 Å². The molecule has 0 aliphatic carbocycles. The van der Waals surface area contributed by atoms with Gasteiger partial charge >= 0.3 is 0 Å². The normalized spacial score (nSPS) is 18.4. The van der Waals surface area contributed by atoms with Gasteiger partial charge in [0, 0.05) is 20.1 Å². The molecule has 1 aliphatic rings. The van der Waals surface area contributed by atoms with Gasteiger partial charge in [0.15, 0.2) is 0 Å². The van der Waals surface area contributed by atoms with Gasteiger partial charge in [0.1, 0.15) is 19.2 Å². The Morgan fingerprint density at radius 2 is 1.87 bits per heavy atom. The molecule has 4 rings (SSSR count). The van der Waals surface area contributed by atoms with Crippen molar-refractivity contribution in [2.45, 2.75) is 19.4 Å². The fourth-order valence-corrected chi connectivity index (χ4v) is 4.25. The van der Waals surface area contributed by atoms with Crippen LogP contribution in [0, 0.1) is 5.41 Å². The minimum absolute atomic E-state index is 0.0265. The number of carbonyl (C=O) groups is 2. The zero-order valence-electron chi connectivity index (χ0n) is 17.0. The van der Waals surface area contributed by atoms with Crippen LogP contribution < -0.4 is 5.32 Å². The van der Waals surface area contributed by atoms with Crippen molar-refractivity contribution in [3.63, 3.8) is 0 Å². The summed E-state index contributed by atoms with van der Waals surface area (Å²) in [7, 11) is 1.66. The first kappa shape index (κ1) is 19.8. The van der Waals surface area contributed by atoms with E-state index in [1.807, 2.05) is 30.3 Å². The number of amides is 2. The third-order valence-corrected chi connectivity index (χ3v) is 5.81. The van der Waals surface area contributed by atoms with Crippen molar-refractivity contribution in [1.29, 1.82) is 0 Å². The lowest BCUT2D eigenvalue weighted by atomic mass is 9.78. The minimum Gasteiger partial charge on any atom is -0.359 e. The second-order valence-electron chi connectivity index (χ2n) is 7.72. The summed E-state index contributed by atoms with van der Waals surface area (Å²) in [5.41, 5.74) is 2.70. The maximum atomic E-state index is 13.0. The number of nitrogens with one attached hydrogen (secondary N) is 1. The molecule has 2 heterocycles. The Kier molecular flexibility index (Phi) is 5.61. The minimum atomic E-state index is -0.655. The van der Waals surface area contributed by atoms with Crippen LogP contribution in [0.2, 0.25) is 0 Å². The van der Waals surface area contributed by atoms with Gasteiger partial charge in [0.05, 0.1) is 5.41 Å². The fourth-order valence-electron chi connectivity index (χ4n) is 4.25. The van der Waals surface area contributed by atoms with Gasteiger partial charge in [-0.25, -0.2) is 9.67 Å². The molecule has 2 amide bonds. The highest BCUT2D eigenvalue weighted by molar-refractivity contribution is 5.86. The monoisotopic (exact) mass is 403 g/mol. The molecule has 7 nitrogen and oxygen atoms in total. The lowest BCUT2D eigenvalue weighted by Gasteiger charge is -2.28. The second kappa shape index (κ2) is 8.49. The van der Waals surface area contributed by atoms with E-state index in [-0.39, 0.29) is 18.4 Å². The Morgan fingerprint density at radius 1 is 1.10 bits per heavy atom. The van der Waals surface area contributed by atoms with Crippen LogP contribution in [0.5, 0.6) is 0 Å². The molecule has 1 aliphatic heterocycles. The molecule has 154 valence electrons. The molecule has 1 saturated heterocycles. The molecule has 0 bridgehead atoms. The maximum absolute atomic E-state index is 13.0. The van der Waals surface area contributed by atoms with Gasteiger partial charge in [-0.15, -0.1) is 0 Å². The Hall–Kier alpha value is -3.48. The predicted molar refractivity (Wildman–Crippen MR) is 113 cm³/mol. The summed E-state index contributed by atoms with van der Waals surface area (Å²) >= 11 is 0. The topological polar surface area (TPSA) is 80.1 Å². The molecule has 1 N–H and O–H groups in total. The summed E-state index contributed by atoms with van der Waals surface area (Å²) in [6, 6.07) is 18.4. The van der Waals surface area contributed by atoms with Gasteiger partial charge in [-0.3, -0.25) is 9.59 Å². The molecule has 2 aromatic carbocycles. The van der Waals surface area contributed by atoms with Gasteiger partial charge in [-0.05, 0) is 29.5 Å². The predicted octanol–water partition coefficient (Wildman–Crippen LogP) is 2.15. The van der Waals surface area contributed by atoms with Crippen LogP contribution in [0.3, 0.4) is 0 Å². The molecule has 1 unspecified atom stereocenters. The molecule has 7 heteroatoms. The number of aromatic nitrogens is 3. The molecular formula is C23H25N5O2. The van der Waals surface area contributed by atoms with Gasteiger partial charge in [0.2, 0.25) is 11.8 Å². The van der Waals surface area contributed by atoms with Gasteiger partial charge in [0.25, 0.3) is 0 Å². The zero-order valence-corrected chi connectivity index (χ0v) is 17.0. The summed E-state index contributed by atoms with van der Waals surface area (Å²) in [4.78, 5) is 31.4. The highest BCUT2D eigenvalue weighted by Gasteiger charge is 2.45. The lowest BCUT2D eigenvalue weighted by molar-refractivity contribution is -0.133. The molecule has 30 heavy (non-hydrogen) atoms. The first-order valence-electron chi connectivity index (χ1n) is 10.1. The summed E-state index contributed by atoms with van der Waals surface area (Å²) in [5, 5.41) is 6.83. The average Bonchev–Trinajstić information content (AvgIpc) is 3.45. The third-order valence-electron chi connectivity index (χ3n) is 5.81. The van der Waals surface area contributed by atoms with E-state index < -0.39 is 5.41 Å². The fraction of sp³-hybridized carbons (Fsp3) is 0.304. The zero-order chi connectivity index (χ0) is 21.0. The molecule has 0 radical (unpaired) electrons. The molecule has 1 fully saturated rings. The van der Waals surface area contributed by atoms with Crippen molar-refractivity contribution in [2.24, 2.45) is 5.41 Å². The van der Waals surface area contributed by atoms with Gasteiger partial charge in [-0.2, -0.15) is 5.10 Å². The maximum Gasteiger partial charge on any atom is 0.244 e. The van der Waals surface area contributed by atoms with Gasteiger partial charge < -0.3 is 10.2 Å². The lowest BCUT2D eigenvalue weighted by Crippen LogP contribution is -2.44. The number of carbonyl (C=O) groups excluding carboxylic acids is 2. The molecule has 3 aromatic rings. The van der Waals surface area contributed by atoms with Crippen molar-refractivity contribution in [1.82, 2.24) is 25.0 Å². The number of benzene rings is 2. The quantitative estimate of drug-likeness (QED) is 0.684. The van der Waals surface area contributed by atoms with E-state index in [9.17, 15) is 9.59 Å². The van der Waals surface area contributed by atoms with Crippen LogP contribution in [-0.2, 0) is 22.6 Å². The van der Waals surface area contributed by atoms with E-state index in [1.165, 1.54) is 17.3 Å². The van der Waals surface area contributed by atoms with Crippen LogP contribution in [0.4, 0.5) is 0 Å². The second-order valence-corrected chi connectivity index (χ2v) is 7.72. The Labute approximate surface area is 175 Å². The van der Waals surface area contributed by atoms with Crippen molar-refractivity contribution in [3.05, 3.63) is 72.8 Å². The van der Waals surface area contributed by atoms with E-state index in [2.05, 4.69) is 39.7 Å². The smallest absolute Gasteiger partial charge is 0.244 e. The number of rotatable bonds is 6. The first-order chi connectivity index (χ1) is 14.6. The first-order valence-corrected chi connectivity index (χ1v) is 10.1. The Bertz CT molecular complexity index is 1020. The summed E-state index contributed by atoms with van der Waals surface area (Å²) < 4.78 is 1.51. The number of nitrogens with zero attached hydrogens (tertiary/aromatic N) is 4. The largest absolute Gasteiger partial charge is 0.359 e. The van der Waals surface area contributed by atoms with E-state index in [1.54, 1.807) is 11.9 Å². The van der Waals surface area contributed by atoms with Crippen molar-refractivity contribution in [2.75, 3.05) is 20.1 Å². The highest BCUT2D eigenvalue weighted by atomic mass is 16.2. The van der Waals surface area contributed by atoms with Crippen LogP contribution in [0.15, 0.2) is 67.3 Å². The molecule has 1 aromatic heterocycles.